The van der Waals surface area contributed by atoms with Gasteiger partial charge in [0, 0.05) is 23.4 Å². The zero-order chi connectivity index (χ0) is 14.1. The lowest BCUT2D eigenvalue weighted by Gasteiger charge is -2.38. The fourth-order valence-corrected chi connectivity index (χ4v) is 5.94. The number of piperidine rings is 1. The van der Waals surface area contributed by atoms with Gasteiger partial charge >= 0.3 is 0 Å². The van der Waals surface area contributed by atoms with E-state index in [1.807, 2.05) is 11.3 Å². The number of rotatable bonds is 3. The highest BCUT2D eigenvalue weighted by Crippen LogP contribution is 2.44. The molecule has 0 aliphatic carbocycles. The number of thiophene rings is 1. The van der Waals surface area contributed by atoms with Gasteiger partial charge in [-0.1, -0.05) is 6.92 Å². The quantitative estimate of drug-likeness (QED) is 0.903. The van der Waals surface area contributed by atoms with E-state index >= 15 is 0 Å². The summed E-state index contributed by atoms with van der Waals surface area (Å²) in [5.41, 5.74) is 1.56. The standard InChI is InChI=1S/C16H26N2S2/c1-11(2)18-7-4-13(5-8-18)17-15-10-12(3)20-16-14(15)6-9-19-16/h6,9,11-13,15,17H,4-5,7-8,10H2,1-3H3/t12-,15?/m0/s1. The van der Waals surface area contributed by atoms with Crippen molar-refractivity contribution >= 4 is 23.1 Å². The summed E-state index contributed by atoms with van der Waals surface area (Å²) in [6.45, 7) is 9.49. The maximum atomic E-state index is 3.96. The highest BCUT2D eigenvalue weighted by atomic mass is 32.2. The lowest BCUT2D eigenvalue weighted by molar-refractivity contribution is 0.155. The Morgan fingerprint density at radius 3 is 2.75 bits per heavy atom. The zero-order valence-corrected chi connectivity index (χ0v) is 14.4. The SMILES string of the molecule is CC(C)N1CCC(NC2C[C@H](C)Sc3sccc32)CC1. The first-order valence-corrected chi connectivity index (χ1v) is 9.63. The van der Waals surface area contributed by atoms with Gasteiger partial charge in [-0.25, -0.2) is 0 Å². The summed E-state index contributed by atoms with van der Waals surface area (Å²) in [6, 6.07) is 4.33. The summed E-state index contributed by atoms with van der Waals surface area (Å²) in [5.74, 6) is 0. The van der Waals surface area contributed by atoms with Crippen LogP contribution in [0, 0.1) is 0 Å². The minimum atomic E-state index is 0.586. The number of fused-ring (bicyclic) bond motifs is 1. The van der Waals surface area contributed by atoms with Crippen LogP contribution in [-0.4, -0.2) is 35.3 Å². The first-order valence-electron chi connectivity index (χ1n) is 7.87. The van der Waals surface area contributed by atoms with Gasteiger partial charge in [0.2, 0.25) is 0 Å². The van der Waals surface area contributed by atoms with Crippen LogP contribution in [-0.2, 0) is 0 Å². The summed E-state index contributed by atoms with van der Waals surface area (Å²) in [4.78, 5) is 2.60. The molecule has 1 fully saturated rings. The average Bonchev–Trinajstić information content (AvgIpc) is 2.87. The molecule has 1 N–H and O–H groups in total. The molecule has 3 rings (SSSR count). The molecule has 0 radical (unpaired) electrons. The maximum absolute atomic E-state index is 3.96. The van der Waals surface area contributed by atoms with Crippen LogP contribution in [0.3, 0.4) is 0 Å². The number of hydrogen-bond acceptors (Lipinski definition) is 4. The lowest BCUT2D eigenvalue weighted by Crippen LogP contribution is -2.46. The van der Waals surface area contributed by atoms with Crippen molar-refractivity contribution in [3.05, 3.63) is 17.0 Å². The fourth-order valence-electron chi connectivity index (χ4n) is 3.37. The van der Waals surface area contributed by atoms with Crippen molar-refractivity contribution < 1.29 is 0 Å². The average molecular weight is 311 g/mol. The third-order valence-electron chi connectivity index (χ3n) is 4.61. The van der Waals surface area contributed by atoms with Crippen molar-refractivity contribution in [2.24, 2.45) is 0 Å². The largest absolute Gasteiger partial charge is 0.307 e. The molecule has 4 heteroatoms. The van der Waals surface area contributed by atoms with Gasteiger partial charge in [-0.15, -0.1) is 23.1 Å². The number of nitrogens with zero attached hydrogens (tertiary/aromatic N) is 1. The third kappa shape index (κ3) is 3.24. The Kier molecular flexibility index (Phi) is 4.75. The monoisotopic (exact) mass is 310 g/mol. The van der Waals surface area contributed by atoms with Gasteiger partial charge < -0.3 is 10.2 Å². The van der Waals surface area contributed by atoms with Crippen molar-refractivity contribution in [2.45, 2.75) is 67.6 Å². The van der Waals surface area contributed by atoms with E-state index < -0.39 is 0 Å². The molecule has 0 bridgehead atoms. The molecule has 1 aromatic heterocycles. The molecule has 2 aliphatic heterocycles. The number of likely N-dealkylation sites (tertiary alicyclic amines) is 1. The zero-order valence-electron chi connectivity index (χ0n) is 12.8. The van der Waals surface area contributed by atoms with E-state index in [-0.39, 0.29) is 0 Å². The highest BCUT2D eigenvalue weighted by Gasteiger charge is 2.29. The Bertz CT molecular complexity index is 435. The van der Waals surface area contributed by atoms with Crippen molar-refractivity contribution in [1.82, 2.24) is 10.2 Å². The summed E-state index contributed by atoms with van der Waals surface area (Å²) in [6.07, 6.45) is 3.88. The van der Waals surface area contributed by atoms with E-state index in [1.165, 1.54) is 32.4 Å². The van der Waals surface area contributed by atoms with E-state index in [0.717, 1.165) is 5.25 Å². The topological polar surface area (TPSA) is 15.3 Å². The van der Waals surface area contributed by atoms with Crippen LogP contribution >= 0.6 is 23.1 Å². The van der Waals surface area contributed by atoms with Crippen LogP contribution in [0.2, 0.25) is 0 Å². The predicted molar refractivity (Wildman–Crippen MR) is 89.9 cm³/mol. The van der Waals surface area contributed by atoms with Crippen molar-refractivity contribution in [3.8, 4) is 0 Å². The van der Waals surface area contributed by atoms with Crippen molar-refractivity contribution in [3.63, 3.8) is 0 Å². The molecule has 1 saturated heterocycles. The molecule has 1 aromatic rings. The molecule has 0 spiro atoms. The van der Waals surface area contributed by atoms with E-state index in [0.29, 0.717) is 18.1 Å². The number of nitrogens with one attached hydrogen (secondary N) is 1. The van der Waals surface area contributed by atoms with Gasteiger partial charge in [-0.05, 0) is 63.2 Å². The van der Waals surface area contributed by atoms with Gasteiger partial charge in [-0.2, -0.15) is 0 Å². The minimum absolute atomic E-state index is 0.586. The molecule has 3 heterocycles. The molecule has 1 unspecified atom stereocenters. The van der Waals surface area contributed by atoms with Gasteiger partial charge in [-0.3, -0.25) is 0 Å². The molecule has 0 saturated carbocycles. The molecular weight excluding hydrogens is 284 g/mol. The number of thioether (sulfide) groups is 1. The van der Waals surface area contributed by atoms with Gasteiger partial charge in [0.1, 0.15) is 0 Å². The van der Waals surface area contributed by atoms with E-state index in [2.05, 4.69) is 54.2 Å². The molecule has 112 valence electrons. The van der Waals surface area contributed by atoms with E-state index in [4.69, 9.17) is 0 Å². The molecule has 2 nitrogen and oxygen atoms in total. The van der Waals surface area contributed by atoms with Crippen LogP contribution in [0.25, 0.3) is 0 Å². The third-order valence-corrected chi connectivity index (χ3v) is 6.95. The van der Waals surface area contributed by atoms with Crippen molar-refractivity contribution in [2.75, 3.05) is 13.1 Å². The van der Waals surface area contributed by atoms with Crippen LogP contribution in [0.15, 0.2) is 15.7 Å². The smallest absolute Gasteiger partial charge is 0.0649 e. The first-order chi connectivity index (χ1) is 9.63. The minimum Gasteiger partial charge on any atom is -0.307 e. The molecule has 20 heavy (non-hydrogen) atoms. The summed E-state index contributed by atoms with van der Waals surface area (Å²) >= 11 is 3.97. The summed E-state index contributed by atoms with van der Waals surface area (Å²) in [5, 5.41) is 6.96. The summed E-state index contributed by atoms with van der Waals surface area (Å²) in [7, 11) is 0. The second kappa shape index (κ2) is 6.39. The molecule has 2 atom stereocenters. The van der Waals surface area contributed by atoms with Crippen LogP contribution < -0.4 is 5.32 Å². The molecule has 2 aliphatic rings. The lowest BCUT2D eigenvalue weighted by atomic mass is 9.98. The Labute approximate surface area is 131 Å². The maximum Gasteiger partial charge on any atom is 0.0649 e. The molecule has 0 amide bonds. The Balaban J connectivity index is 1.60. The Morgan fingerprint density at radius 1 is 1.30 bits per heavy atom. The van der Waals surface area contributed by atoms with Crippen LogP contribution in [0.4, 0.5) is 0 Å². The predicted octanol–water partition coefficient (Wildman–Crippen LogP) is 4.14. The second-order valence-corrected chi connectivity index (χ2v) is 9.07. The van der Waals surface area contributed by atoms with E-state index in [1.54, 1.807) is 9.77 Å². The summed E-state index contributed by atoms with van der Waals surface area (Å²) < 4.78 is 1.54. The van der Waals surface area contributed by atoms with Crippen LogP contribution in [0.1, 0.15) is 51.6 Å². The number of hydrogen-bond donors (Lipinski definition) is 1. The van der Waals surface area contributed by atoms with Gasteiger partial charge in [0.25, 0.3) is 0 Å². The van der Waals surface area contributed by atoms with Gasteiger partial charge in [0.05, 0.1) is 4.21 Å². The second-order valence-electron chi connectivity index (χ2n) is 6.45. The Morgan fingerprint density at radius 2 is 2.05 bits per heavy atom. The van der Waals surface area contributed by atoms with Crippen molar-refractivity contribution in [1.29, 1.82) is 0 Å². The molecule has 0 aromatic carbocycles. The van der Waals surface area contributed by atoms with Gasteiger partial charge in [0.15, 0.2) is 0 Å². The van der Waals surface area contributed by atoms with Crippen LogP contribution in [0.5, 0.6) is 0 Å². The van der Waals surface area contributed by atoms with E-state index in [9.17, 15) is 0 Å². The highest BCUT2D eigenvalue weighted by molar-refractivity contribution is 8.01. The Hall–Kier alpha value is -0.0300. The fraction of sp³-hybridized carbons (Fsp3) is 0.750. The normalized spacial score (nSPS) is 28.8. The first kappa shape index (κ1) is 14.9. The molecular formula is C16H26N2S2.